The second-order valence-electron chi connectivity index (χ2n) is 3.95. The first kappa shape index (κ1) is 12.3. The van der Waals surface area contributed by atoms with Crippen molar-refractivity contribution in [2.75, 3.05) is 0 Å². The molecule has 0 amide bonds. The number of halogens is 1. The van der Waals surface area contributed by atoms with Crippen LogP contribution in [0.1, 0.15) is 31.3 Å². The zero-order valence-corrected chi connectivity index (χ0v) is 11.5. The van der Waals surface area contributed by atoms with E-state index in [-0.39, 0.29) is 0 Å². The molecule has 2 rings (SSSR count). The highest BCUT2D eigenvalue weighted by Gasteiger charge is 2.12. The van der Waals surface area contributed by atoms with E-state index in [0.717, 1.165) is 28.0 Å². The van der Waals surface area contributed by atoms with Gasteiger partial charge in [-0.1, -0.05) is 28.9 Å². The molecule has 1 aromatic carbocycles. The maximum atomic E-state index is 9.81. The highest BCUT2D eigenvalue weighted by atomic mass is 79.9. The van der Waals surface area contributed by atoms with Gasteiger partial charge in [0.2, 0.25) is 0 Å². The van der Waals surface area contributed by atoms with Gasteiger partial charge in [-0.2, -0.15) is 0 Å². The molecular formula is C13H15BrN2O. The summed E-state index contributed by atoms with van der Waals surface area (Å²) in [4.78, 5) is 4.31. The lowest BCUT2D eigenvalue weighted by Gasteiger charge is -2.15. The highest BCUT2D eigenvalue weighted by Crippen LogP contribution is 2.26. The largest absolute Gasteiger partial charge is 0.389 e. The Bertz CT molecular complexity index is 520. The first-order valence-electron chi connectivity index (χ1n) is 5.63. The fourth-order valence-electron chi connectivity index (χ4n) is 1.89. The summed E-state index contributed by atoms with van der Waals surface area (Å²) in [5, 5.41) is 9.81. The average molecular weight is 295 g/mol. The van der Waals surface area contributed by atoms with Crippen LogP contribution in [0.4, 0.5) is 0 Å². The van der Waals surface area contributed by atoms with Crippen LogP contribution >= 0.6 is 15.9 Å². The van der Waals surface area contributed by atoms with Crippen LogP contribution in [0.2, 0.25) is 0 Å². The Morgan fingerprint density at radius 2 is 2.24 bits per heavy atom. The maximum absolute atomic E-state index is 9.81. The van der Waals surface area contributed by atoms with E-state index in [9.17, 15) is 5.11 Å². The molecule has 0 aliphatic carbocycles. The minimum absolute atomic E-state index is 0.495. The number of aromatic nitrogens is 2. The van der Waals surface area contributed by atoms with Crippen LogP contribution in [0, 0.1) is 0 Å². The summed E-state index contributed by atoms with van der Waals surface area (Å²) in [7, 11) is 0. The first-order valence-corrected chi connectivity index (χ1v) is 6.43. The smallest absolute Gasteiger partial charge is 0.112 e. The number of aryl methyl sites for hydroxylation is 1. The number of imidazole rings is 1. The lowest BCUT2D eigenvalue weighted by Crippen LogP contribution is -2.05. The molecule has 0 aliphatic rings. The lowest BCUT2D eigenvalue weighted by molar-refractivity contribution is 0.199. The van der Waals surface area contributed by atoms with Crippen LogP contribution < -0.4 is 0 Å². The zero-order chi connectivity index (χ0) is 12.4. The first-order chi connectivity index (χ1) is 8.13. The van der Waals surface area contributed by atoms with Gasteiger partial charge in [-0.15, -0.1) is 0 Å². The molecule has 1 N–H and O–H groups in total. The summed E-state index contributed by atoms with van der Waals surface area (Å²) >= 11 is 3.46. The second kappa shape index (κ2) is 5.02. The Labute approximate surface area is 109 Å². The third-order valence-corrected chi connectivity index (χ3v) is 3.23. The third-order valence-electron chi connectivity index (χ3n) is 2.74. The molecule has 1 heterocycles. The van der Waals surface area contributed by atoms with Gasteiger partial charge in [-0.3, -0.25) is 0 Å². The molecule has 0 saturated carbocycles. The second-order valence-corrected chi connectivity index (χ2v) is 4.86. The number of hydrogen-bond acceptors (Lipinski definition) is 2. The molecule has 0 bridgehead atoms. The van der Waals surface area contributed by atoms with Gasteiger partial charge in [0.25, 0.3) is 0 Å². The maximum Gasteiger partial charge on any atom is 0.112 e. The van der Waals surface area contributed by atoms with Crippen molar-refractivity contribution in [3.05, 3.63) is 46.5 Å². The van der Waals surface area contributed by atoms with Crippen molar-refractivity contribution in [3.63, 3.8) is 0 Å². The fraction of sp³-hybridized carbons (Fsp3) is 0.308. The molecule has 1 atom stereocenters. The third kappa shape index (κ3) is 2.42. The highest BCUT2D eigenvalue weighted by molar-refractivity contribution is 9.10. The predicted molar refractivity (Wildman–Crippen MR) is 71.3 cm³/mol. The Balaban J connectivity index is 2.61. The summed E-state index contributed by atoms with van der Waals surface area (Å²) in [5.41, 5.74) is 1.88. The van der Waals surface area contributed by atoms with Crippen LogP contribution in [-0.2, 0) is 6.42 Å². The Hall–Kier alpha value is -1.13. The number of hydrogen-bond donors (Lipinski definition) is 1. The van der Waals surface area contributed by atoms with E-state index in [1.165, 1.54) is 0 Å². The molecule has 0 aliphatic heterocycles. The van der Waals surface area contributed by atoms with E-state index >= 15 is 0 Å². The van der Waals surface area contributed by atoms with Gasteiger partial charge in [-0.25, -0.2) is 4.98 Å². The molecule has 4 heteroatoms. The molecular weight excluding hydrogens is 280 g/mol. The van der Waals surface area contributed by atoms with Crippen molar-refractivity contribution < 1.29 is 5.11 Å². The minimum atomic E-state index is -0.495. The standard InChI is InChI=1S/C13H15BrN2O/c1-3-13-15-6-7-16(13)12-8-10(14)4-5-11(12)9(2)17/h4-9,17H,3H2,1-2H3. The molecule has 1 aromatic heterocycles. The number of aliphatic hydroxyl groups is 1. The van der Waals surface area contributed by atoms with E-state index in [1.54, 1.807) is 13.1 Å². The zero-order valence-electron chi connectivity index (χ0n) is 9.89. The van der Waals surface area contributed by atoms with Gasteiger partial charge in [0.1, 0.15) is 5.82 Å². The lowest BCUT2D eigenvalue weighted by atomic mass is 10.1. The van der Waals surface area contributed by atoms with Gasteiger partial charge in [-0.05, 0) is 19.1 Å². The molecule has 0 radical (unpaired) electrons. The predicted octanol–water partition coefficient (Wildman–Crippen LogP) is 3.25. The summed E-state index contributed by atoms with van der Waals surface area (Å²) in [6.45, 7) is 3.84. The van der Waals surface area contributed by atoms with Crippen molar-refractivity contribution >= 4 is 15.9 Å². The average Bonchev–Trinajstić information content (AvgIpc) is 2.76. The van der Waals surface area contributed by atoms with Crippen LogP contribution in [0.3, 0.4) is 0 Å². The Morgan fingerprint density at radius 3 is 2.88 bits per heavy atom. The molecule has 17 heavy (non-hydrogen) atoms. The van der Waals surface area contributed by atoms with Crippen molar-refractivity contribution in [1.29, 1.82) is 0 Å². The quantitative estimate of drug-likeness (QED) is 0.944. The van der Waals surface area contributed by atoms with Crippen LogP contribution in [-0.4, -0.2) is 14.7 Å². The van der Waals surface area contributed by atoms with Crippen molar-refractivity contribution in [3.8, 4) is 5.69 Å². The summed E-state index contributed by atoms with van der Waals surface area (Å²) in [6, 6.07) is 5.88. The molecule has 0 fully saturated rings. The van der Waals surface area contributed by atoms with Crippen molar-refractivity contribution in [2.24, 2.45) is 0 Å². The van der Waals surface area contributed by atoms with Crippen LogP contribution in [0.5, 0.6) is 0 Å². The van der Waals surface area contributed by atoms with E-state index in [2.05, 4.69) is 27.8 Å². The summed E-state index contributed by atoms with van der Waals surface area (Å²) in [6.07, 6.45) is 4.07. The van der Waals surface area contributed by atoms with E-state index in [4.69, 9.17) is 0 Å². The molecule has 0 saturated heterocycles. The Morgan fingerprint density at radius 1 is 1.47 bits per heavy atom. The number of nitrogens with zero attached hydrogens (tertiary/aromatic N) is 2. The van der Waals surface area contributed by atoms with E-state index in [0.29, 0.717) is 0 Å². The molecule has 1 unspecified atom stereocenters. The normalized spacial score (nSPS) is 12.7. The topological polar surface area (TPSA) is 38.0 Å². The summed E-state index contributed by atoms with van der Waals surface area (Å²) < 4.78 is 3.01. The van der Waals surface area contributed by atoms with Gasteiger partial charge >= 0.3 is 0 Å². The van der Waals surface area contributed by atoms with Crippen molar-refractivity contribution in [1.82, 2.24) is 9.55 Å². The number of rotatable bonds is 3. The van der Waals surface area contributed by atoms with Crippen LogP contribution in [0.15, 0.2) is 35.1 Å². The minimum Gasteiger partial charge on any atom is -0.389 e. The van der Waals surface area contributed by atoms with Gasteiger partial charge in [0, 0.05) is 28.9 Å². The molecule has 90 valence electrons. The van der Waals surface area contributed by atoms with Gasteiger partial charge in [0.15, 0.2) is 0 Å². The van der Waals surface area contributed by atoms with Gasteiger partial charge in [0.05, 0.1) is 11.8 Å². The molecule has 3 nitrogen and oxygen atoms in total. The Kier molecular flexibility index (Phi) is 3.64. The SMILES string of the molecule is CCc1nccn1-c1cc(Br)ccc1C(C)O. The fourth-order valence-corrected chi connectivity index (χ4v) is 2.24. The van der Waals surface area contributed by atoms with Crippen molar-refractivity contribution in [2.45, 2.75) is 26.4 Å². The number of aliphatic hydroxyl groups excluding tert-OH is 1. The summed E-state index contributed by atoms with van der Waals surface area (Å²) in [5.74, 6) is 0.991. The van der Waals surface area contributed by atoms with E-state index < -0.39 is 6.10 Å². The molecule has 0 spiro atoms. The molecule has 2 aromatic rings. The van der Waals surface area contributed by atoms with Crippen LogP contribution in [0.25, 0.3) is 5.69 Å². The number of benzene rings is 1. The van der Waals surface area contributed by atoms with E-state index in [1.807, 2.05) is 29.0 Å². The van der Waals surface area contributed by atoms with Gasteiger partial charge < -0.3 is 9.67 Å². The monoisotopic (exact) mass is 294 g/mol.